The maximum Gasteiger partial charge on any atom is 0.274 e. The molecule has 3 rings (SSSR count). The van der Waals surface area contributed by atoms with Gasteiger partial charge in [0.15, 0.2) is 0 Å². The highest BCUT2D eigenvalue weighted by atomic mass is 16.5. The van der Waals surface area contributed by atoms with Gasteiger partial charge in [0.1, 0.15) is 23.6 Å². The number of methoxy groups -OCH3 is 1. The van der Waals surface area contributed by atoms with Crippen LogP contribution in [0.3, 0.4) is 0 Å². The van der Waals surface area contributed by atoms with Gasteiger partial charge in [-0.2, -0.15) is 0 Å². The van der Waals surface area contributed by atoms with Gasteiger partial charge in [-0.1, -0.05) is 29.8 Å². The van der Waals surface area contributed by atoms with Crippen LogP contribution in [0, 0.1) is 13.8 Å². The lowest BCUT2D eigenvalue weighted by Gasteiger charge is -2.10. The molecule has 0 saturated carbocycles. The highest BCUT2D eigenvalue weighted by Crippen LogP contribution is 2.17. The molecule has 2 N–H and O–H groups in total. The molecule has 1 amide bonds. The Labute approximate surface area is 165 Å². The number of anilines is 2. The maximum atomic E-state index is 12.5. The van der Waals surface area contributed by atoms with E-state index in [0.717, 1.165) is 29.0 Å². The van der Waals surface area contributed by atoms with Gasteiger partial charge in [0.2, 0.25) is 0 Å². The quantitative estimate of drug-likeness (QED) is 0.652. The third-order valence-electron chi connectivity index (χ3n) is 4.41. The van der Waals surface area contributed by atoms with Crippen LogP contribution in [-0.4, -0.2) is 29.5 Å². The molecule has 0 aliphatic rings. The van der Waals surface area contributed by atoms with Gasteiger partial charge in [-0.25, -0.2) is 9.97 Å². The Morgan fingerprint density at radius 3 is 2.54 bits per heavy atom. The molecule has 1 heterocycles. The topological polar surface area (TPSA) is 76.1 Å². The predicted octanol–water partition coefficient (Wildman–Crippen LogP) is 4.01. The molecular formula is C22H24N4O2. The molecule has 0 bridgehead atoms. The third-order valence-corrected chi connectivity index (χ3v) is 4.41. The zero-order valence-corrected chi connectivity index (χ0v) is 16.3. The van der Waals surface area contributed by atoms with Crippen LogP contribution < -0.4 is 15.4 Å². The SMILES string of the molecule is COc1ccc(CCNc2cc(C(=O)Nc3ccc(C)cc3C)ncn2)cc1. The molecule has 0 fully saturated rings. The molecule has 0 unspecified atom stereocenters. The van der Waals surface area contributed by atoms with E-state index >= 15 is 0 Å². The molecule has 0 radical (unpaired) electrons. The van der Waals surface area contributed by atoms with Crippen molar-refractivity contribution in [1.29, 1.82) is 0 Å². The second kappa shape index (κ2) is 8.99. The number of hydrogen-bond acceptors (Lipinski definition) is 5. The molecule has 144 valence electrons. The summed E-state index contributed by atoms with van der Waals surface area (Å²) in [5.41, 5.74) is 4.46. The smallest absolute Gasteiger partial charge is 0.274 e. The Balaban J connectivity index is 1.58. The zero-order valence-electron chi connectivity index (χ0n) is 16.3. The second-order valence-electron chi connectivity index (χ2n) is 6.59. The summed E-state index contributed by atoms with van der Waals surface area (Å²) in [5.74, 6) is 1.20. The molecule has 6 heteroatoms. The largest absolute Gasteiger partial charge is 0.497 e. The van der Waals surface area contributed by atoms with Crippen molar-refractivity contribution in [2.24, 2.45) is 0 Å². The number of benzene rings is 2. The molecule has 0 aliphatic heterocycles. The third kappa shape index (κ3) is 5.07. The molecule has 28 heavy (non-hydrogen) atoms. The monoisotopic (exact) mass is 376 g/mol. The van der Waals surface area contributed by atoms with Crippen LogP contribution in [0.4, 0.5) is 11.5 Å². The van der Waals surface area contributed by atoms with Crippen LogP contribution in [0.25, 0.3) is 0 Å². The van der Waals surface area contributed by atoms with Gasteiger partial charge in [-0.15, -0.1) is 0 Å². The number of carbonyl (C=O) groups excluding carboxylic acids is 1. The van der Waals surface area contributed by atoms with Gasteiger partial charge < -0.3 is 15.4 Å². The summed E-state index contributed by atoms with van der Waals surface area (Å²) in [7, 11) is 1.65. The second-order valence-corrected chi connectivity index (χ2v) is 6.59. The highest BCUT2D eigenvalue weighted by molar-refractivity contribution is 6.03. The number of aromatic nitrogens is 2. The Morgan fingerprint density at radius 2 is 1.82 bits per heavy atom. The molecule has 1 aromatic heterocycles. The van der Waals surface area contributed by atoms with Gasteiger partial charge in [-0.05, 0) is 49.6 Å². The van der Waals surface area contributed by atoms with Crippen LogP contribution in [0.1, 0.15) is 27.2 Å². The summed E-state index contributed by atoms with van der Waals surface area (Å²) in [5, 5.41) is 6.14. The number of amides is 1. The molecule has 0 aliphatic carbocycles. The summed E-state index contributed by atoms with van der Waals surface area (Å²) in [6, 6.07) is 15.5. The maximum absolute atomic E-state index is 12.5. The van der Waals surface area contributed by atoms with Gasteiger partial charge in [0.25, 0.3) is 5.91 Å². The minimum absolute atomic E-state index is 0.257. The first-order chi connectivity index (χ1) is 13.5. The number of rotatable bonds is 7. The Hall–Kier alpha value is -3.41. The normalized spacial score (nSPS) is 10.4. The van der Waals surface area contributed by atoms with E-state index in [9.17, 15) is 4.79 Å². The van der Waals surface area contributed by atoms with E-state index in [-0.39, 0.29) is 5.91 Å². The summed E-state index contributed by atoms with van der Waals surface area (Å²) < 4.78 is 5.16. The lowest BCUT2D eigenvalue weighted by atomic mass is 10.1. The van der Waals surface area contributed by atoms with Gasteiger partial charge in [0.05, 0.1) is 7.11 Å². The van der Waals surface area contributed by atoms with Crippen molar-refractivity contribution in [2.45, 2.75) is 20.3 Å². The van der Waals surface area contributed by atoms with Crippen LogP contribution >= 0.6 is 0 Å². The van der Waals surface area contributed by atoms with Crippen molar-refractivity contribution in [3.63, 3.8) is 0 Å². The van der Waals surface area contributed by atoms with Gasteiger partial charge in [-0.3, -0.25) is 4.79 Å². The summed E-state index contributed by atoms with van der Waals surface area (Å²) >= 11 is 0. The number of nitrogens with one attached hydrogen (secondary N) is 2. The number of carbonyl (C=O) groups is 1. The standard InChI is InChI=1S/C22H24N4O2/c1-15-4-9-19(16(2)12-15)26-22(27)20-13-21(25-14-24-20)23-11-10-17-5-7-18(28-3)8-6-17/h4-9,12-14H,10-11H2,1-3H3,(H,26,27)(H,23,24,25). The molecule has 2 aromatic carbocycles. The van der Waals surface area contributed by atoms with E-state index in [1.165, 1.54) is 11.9 Å². The predicted molar refractivity (Wildman–Crippen MR) is 111 cm³/mol. The van der Waals surface area contributed by atoms with Gasteiger partial charge >= 0.3 is 0 Å². The number of aryl methyl sites for hydroxylation is 2. The summed E-state index contributed by atoms with van der Waals surface area (Å²) in [6.45, 7) is 4.68. The number of hydrogen-bond donors (Lipinski definition) is 2. The lowest BCUT2D eigenvalue weighted by molar-refractivity contribution is 0.102. The van der Waals surface area contributed by atoms with Crippen molar-refractivity contribution in [3.8, 4) is 5.75 Å². The highest BCUT2D eigenvalue weighted by Gasteiger charge is 2.10. The average Bonchev–Trinajstić information content (AvgIpc) is 2.71. The Morgan fingerprint density at radius 1 is 1.04 bits per heavy atom. The van der Waals surface area contributed by atoms with Gasteiger partial charge in [0, 0.05) is 18.3 Å². The molecule has 6 nitrogen and oxygen atoms in total. The average molecular weight is 376 g/mol. The zero-order chi connectivity index (χ0) is 19.9. The van der Waals surface area contributed by atoms with Crippen molar-refractivity contribution in [2.75, 3.05) is 24.3 Å². The first-order valence-corrected chi connectivity index (χ1v) is 9.12. The van der Waals surface area contributed by atoms with E-state index in [4.69, 9.17) is 4.74 Å². The fourth-order valence-corrected chi connectivity index (χ4v) is 2.85. The van der Waals surface area contributed by atoms with E-state index in [1.807, 2.05) is 56.3 Å². The van der Waals surface area contributed by atoms with Crippen LogP contribution in [0.2, 0.25) is 0 Å². The minimum Gasteiger partial charge on any atom is -0.497 e. The Kier molecular flexibility index (Phi) is 6.22. The molecule has 0 atom stereocenters. The van der Waals surface area contributed by atoms with Crippen molar-refractivity contribution in [1.82, 2.24) is 9.97 Å². The molecular weight excluding hydrogens is 352 g/mol. The fourth-order valence-electron chi connectivity index (χ4n) is 2.85. The van der Waals surface area contributed by atoms with E-state index < -0.39 is 0 Å². The van der Waals surface area contributed by atoms with Crippen molar-refractivity contribution < 1.29 is 9.53 Å². The molecule has 0 spiro atoms. The minimum atomic E-state index is -0.257. The van der Waals surface area contributed by atoms with Crippen LogP contribution in [0.15, 0.2) is 54.9 Å². The lowest BCUT2D eigenvalue weighted by Crippen LogP contribution is -2.16. The molecule has 0 saturated heterocycles. The number of ether oxygens (including phenoxy) is 1. The van der Waals surface area contributed by atoms with Crippen molar-refractivity contribution in [3.05, 3.63) is 77.2 Å². The first-order valence-electron chi connectivity index (χ1n) is 9.12. The van der Waals surface area contributed by atoms with E-state index in [1.54, 1.807) is 13.2 Å². The first kappa shape index (κ1) is 19.4. The van der Waals surface area contributed by atoms with Crippen LogP contribution in [0.5, 0.6) is 5.75 Å². The van der Waals surface area contributed by atoms with E-state index in [0.29, 0.717) is 18.1 Å². The summed E-state index contributed by atoms with van der Waals surface area (Å²) in [4.78, 5) is 20.8. The van der Waals surface area contributed by atoms with Crippen molar-refractivity contribution >= 4 is 17.4 Å². The van der Waals surface area contributed by atoms with Crippen LogP contribution in [-0.2, 0) is 6.42 Å². The molecule has 3 aromatic rings. The number of nitrogens with zero attached hydrogens (tertiary/aromatic N) is 2. The fraction of sp³-hybridized carbons (Fsp3) is 0.227. The summed E-state index contributed by atoms with van der Waals surface area (Å²) in [6.07, 6.45) is 2.23. The Bertz CT molecular complexity index is 955. The van der Waals surface area contributed by atoms with E-state index in [2.05, 4.69) is 20.6 Å².